The van der Waals surface area contributed by atoms with Gasteiger partial charge in [-0.15, -0.1) is 0 Å². The zero-order valence-electron chi connectivity index (χ0n) is 31.0. The van der Waals surface area contributed by atoms with Gasteiger partial charge in [-0.2, -0.15) is 9.97 Å². The Morgan fingerprint density at radius 3 is 2.32 bits per heavy atom. The molecule has 0 spiro atoms. The van der Waals surface area contributed by atoms with Crippen molar-refractivity contribution in [2.75, 3.05) is 42.6 Å². The molecule has 1 amide bonds. The minimum absolute atomic E-state index is 0.0239. The third-order valence-corrected chi connectivity index (χ3v) is 11.1. The van der Waals surface area contributed by atoms with Crippen molar-refractivity contribution in [3.05, 3.63) is 119 Å². The molecule has 2 unspecified atom stereocenters. The third kappa shape index (κ3) is 7.20. The molecule has 5 heterocycles. The normalized spacial score (nSPS) is 21.4. The lowest BCUT2D eigenvalue weighted by molar-refractivity contribution is 0.0732. The van der Waals surface area contributed by atoms with Gasteiger partial charge in [0.1, 0.15) is 32.8 Å². The van der Waals surface area contributed by atoms with E-state index in [0.29, 0.717) is 38.9 Å². The van der Waals surface area contributed by atoms with E-state index in [-0.39, 0.29) is 30.8 Å². The summed E-state index contributed by atoms with van der Waals surface area (Å²) >= 11 is 0. The van der Waals surface area contributed by atoms with Crippen molar-refractivity contribution in [3.63, 3.8) is 0 Å². The molecule has 10 heteroatoms. The quantitative estimate of drug-likeness (QED) is 0.166. The molecule has 10 nitrogen and oxygen atoms in total. The van der Waals surface area contributed by atoms with Gasteiger partial charge in [0.15, 0.2) is 0 Å². The summed E-state index contributed by atoms with van der Waals surface area (Å²) in [6, 6.07) is 33.3. The number of hydrogen-bond acceptors (Lipinski definition) is 9. The first kappa shape index (κ1) is 32.3. The molecule has 272 valence electrons. The first-order valence-electron chi connectivity index (χ1n) is 19.5. The van der Waals surface area contributed by atoms with Gasteiger partial charge in [-0.25, -0.2) is 4.79 Å². The number of anilines is 2. The van der Waals surface area contributed by atoms with E-state index in [1.807, 2.05) is 53.4 Å². The minimum atomic E-state index is -0.242. The van der Waals surface area contributed by atoms with Gasteiger partial charge in [-0.1, -0.05) is 84.9 Å². The number of aromatic nitrogens is 2. The van der Waals surface area contributed by atoms with E-state index in [4.69, 9.17) is 25.6 Å². The highest BCUT2D eigenvalue weighted by Gasteiger charge is 2.44. The van der Waals surface area contributed by atoms with Gasteiger partial charge in [-0.3, -0.25) is 4.90 Å². The highest BCUT2D eigenvalue weighted by Crippen LogP contribution is 2.39. The summed E-state index contributed by atoms with van der Waals surface area (Å²) < 4.78 is 26.8. The third-order valence-electron chi connectivity index (χ3n) is 11.1. The van der Waals surface area contributed by atoms with Crippen LogP contribution in [0.25, 0.3) is 10.8 Å². The molecule has 3 atom stereocenters. The van der Waals surface area contributed by atoms with E-state index in [0.717, 1.165) is 90.2 Å². The van der Waals surface area contributed by atoms with Crippen LogP contribution in [0.1, 0.15) is 48.1 Å². The van der Waals surface area contributed by atoms with Crippen molar-refractivity contribution in [2.24, 2.45) is 0 Å². The fourth-order valence-electron chi connectivity index (χ4n) is 8.44. The van der Waals surface area contributed by atoms with Gasteiger partial charge in [0.05, 0.1) is 24.3 Å². The molecule has 1 aromatic heterocycles. The fourth-order valence-corrected chi connectivity index (χ4v) is 8.44. The molecule has 4 aliphatic heterocycles. The summed E-state index contributed by atoms with van der Waals surface area (Å²) in [6.07, 6.45) is 4.31. The van der Waals surface area contributed by atoms with Crippen LogP contribution in [0, 0.1) is 0 Å². The van der Waals surface area contributed by atoms with Crippen LogP contribution in [0.5, 0.6) is 11.8 Å². The molecule has 0 radical (unpaired) electrons. The molecule has 5 aromatic rings. The number of nitrogens with one attached hydrogen (secondary N) is 1. The number of carbonyl (C=O) groups excluding carboxylic acids is 1. The summed E-state index contributed by atoms with van der Waals surface area (Å²) in [5, 5.41) is 3.91. The molecule has 53 heavy (non-hydrogen) atoms. The van der Waals surface area contributed by atoms with Crippen molar-refractivity contribution in [3.8, 4) is 11.8 Å². The molecular weight excluding hydrogens is 665 g/mol. The highest BCUT2D eigenvalue weighted by atomic mass is 16.6. The second-order valence-corrected chi connectivity index (χ2v) is 14.6. The first-order valence-corrected chi connectivity index (χ1v) is 19.0. The van der Waals surface area contributed by atoms with Crippen LogP contribution in [-0.4, -0.2) is 71.9 Å². The number of fused-ring (bicyclic) bond motifs is 4. The largest absolute Gasteiger partial charge is 0.489 e. The summed E-state index contributed by atoms with van der Waals surface area (Å²) in [7, 11) is 0. The SMILES string of the molecule is [2H]N1CCC[C@H]1COc1nc2c(c(N3CC4CCC(C3)N4C(=O)OCc3ccccc3)n1)CCN(c1cc(OCc3ccccc3)cc3ccccc13)C2. The van der Waals surface area contributed by atoms with Gasteiger partial charge in [-0.05, 0) is 61.2 Å². The predicted molar refractivity (Wildman–Crippen MR) is 206 cm³/mol. The van der Waals surface area contributed by atoms with Crippen LogP contribution in [0.15, 0.2) is 97.1 Å². The second kappa shape index (κ2) is 14.9. The summed E-state index contributed by atoms with van der Waals surface area (Å²) in [4.78, 5) is 30.3. The number of piperazine rings is 1. The van der Waals surface area contributed by atoms with E-state index < -0.39 is 0 Å². The van der Waals surface area contributed by atoms with Crippen molar-refractivity contribution in [1.82, 2.24) is 20.2 Å². The van der Waals surface area contributed by atoms with Gasteiger partial charge in [0.25, 0.3) is 0 Å². The topological polar surface area (TPSA) is 92.3 Å². The van der Waals surface area contributed by atoms with Crippen molar-refractivity contribution in [2.45, 2.75) is 70.0 Å². The molecule has 4 aliphatic rings. The predicted octanol–water partition coefficient (Wildman–Crippen LogP) is 6.89. The number of ether oxygens (including phenoxy) is 3. The zero-order valence-corrected chi connectivity index (χ0v) is 30.0. The lowest BCUT2D eigenvalue weighted by atomic mass is 10.0. The summed E-state index contributed by atoms with van der Waals surface area (Å²) in [6.45, 7) is 4.64. The zero-order chi connectivity index (χ0) is 36.4. The summed E-state index contributed by atoms with van der Waals surface area (Å²) in [5.74, 6) is 1.74. The smallest absolute Gasteiger partial charge is 0.410 e. The van der Waals surface area contributed by atoms with Crippen molar-refractivity contribution in [1.29, 1.82) is 0 Å². The van der Waals surface area contributed by atoms with Gasteiger partial charge < -0.3 is 29.3 Å². The Hall–Kier alpha value is -5.35. The van der Waals surface area contributed by atoms with Gasteiger partial charge >= 0.3 is 12.1 Å². The van der Waals surface area contributed by atoms with Gasteiger partial charge in [0, 0.05) is 48.4 Å². The van der Waals surface area contributed by atoms with Crippen LogP contribution in [0.3, 0.4) is 0 Å². The minimum Gasteiger partial charge on any atom is -0.489 e. The summed E-state index contributed by atoms with van der Waals surface area (Å²) in [5.41, 5.74) is 5.31. The lowest BCUT2D eigenvalue weighted by Gasteiger charge is -2.42. The second-order valence-electron chi connectivity index (χ2n) is 14.6. The highest BCUT2D eigenvalue weighted by molar-refractivity contribution is 5.96. The molecule has 3 fully saturated rings. The Kier molecular flexibility index (Phi) is 9.11. The Labute approximate surface area is 312 Å². The lowest BCUT2D eigenvalue weighted by Crippen LogP contribution is -2.56. The molecule has 1 N–H and O–H groups in total. The van der Waals surface area contributed by atoms with Crippen LogP contribution in [0.2, 0.25) is 1.41 Å². The Bertz CT molecular complexity index is 2090. The first-order chi connectivity index (χ1) is 26.6. The van der Waals surface area contributed by atoms with E-state index in [2.05, 4.69) is 58.3 Å². The van der Waals surface area contributed by atoms with Crippen LogP contribution in [-0.2, 0) is 30.9 Å². The van der Waals surface area contributed by atoms with Crippen molar-refractivity contribution >= 4 is 28.4 Å². The van der Waals surface area contributed by atoms with Crippen LogP contribution in [0.4, 0.5) is 16.3 Å². The Balaban J connectivity index is 0.986. The monoisotopic (exact) mass is 711 g/mol. The fraction of sp³-hybridized carbons (Fsp3) is 0.372. The van der Waals surface area contributed by atoms with E-state index in [9.17, 15) is 4.79 Å². The molecule has 2 bridgehead atoms. The average molecular weight is 712 g/mol. The van der Waals surface area contributed by atoms with E-state index in [1.54, 1.807) is 5.31 Å². The number of carbonyl (C=O) groups is 1. The number of nitrogens with zero attached hydrogens (tertiary/aromatic N) is 5. The Morgan fingerprint density at radius 1 is 0.830 bits per heavy atom. The maximum absolute atomic E-state index is 13.4. The molecule has 3 saturated heterocycles. The number of benzene rings is 4. The standard InChI is InChI=1S/C43H46N6O4/c50-43(53-28-31-12-5-2-6-13-31)49-34-17-18-35(49)25-48(24-34)41-38-19-21-47(26-39(38)45-42(46-41)52-29-33-15-9-20-44-33)40-23-36(22-32-14-7-8-16-37(32)40)51-27-30-10-3-1-4-11-30/h1-8,10-14,16,22-23,33-35,44H,9,15,17-21,24-29H2/t33-,34?,35?/m0/s1/i/hD. The number of amides is 1. The number of rotatable bonds is 10. The van der Waals surface area contributed by atoms with Crippen LogP contribution < -0.4 is 24.6 Å². The van der Waals surface area contributed by atoms with Crippen molar-refractivity contribution < 1.29 is 20.4 Å². The van der Waals surface area contributed by atoms with Crippen LogP contribution >= 0.6 is 0 Å². The number of hydrogen-bond donors (Lipinski definition) is 1. The molecule has 9 rings (SSSR count). The Morgan fingerprint density at radius 2 is 1.57 bits per heavy atom. The molecular formula is C43H46N6O4. The molecule has 4 aromatic carbocycles. The molecule has 0 saturated carbocycles. The van der Waals surface area contributed by atoms with Gasteiger partial charge in [0.2, 0.25) is 0 Å². The maximum atomic E-state index is 13.4. The molecule has 0 aliphatic carbocycles. The van der Waals surface area contributed by atoms with E-state index in [1.165, 1.54) is 5.39 Å². The van der Waals surface area contributed by atoms with E-state index >= 15 is 0 Å². The average Bonchev–Trinajstić information content (AvgIpc) is 3.75. The maximum Gasteiger partial charge on any atom is 0.410 e.